The zero-order valence-electron chi connectivity index (χ0n) is 10.4. The van der Waals surface area contributed by atoms with Crippen LogP contribution in [0.25, 0.3) is 0 Å². The minimum absolute atomic E-state index is 0.329. The predicted molar refractivity (Wildman–Crippen MR) is 60.0 cm³/mol. The van der Waals surface area contributed by atoms with Crippen molar-refractivity contribution in [3.8, 4) is 0 Å². The summed E-state index contributed by atoms with van der Waals surface area (Å²) in [6.07, 6.45) is 0.376. The van der Waals surface area contributed by atoms with Gasteiger partial charge in [0, 0.05) is 0 Å². The van der Waals surface area contributed by atoms with Crippen LogP contribution in [0, 0.1) is 0 Å². The third-order valence-corrected chi connectivity index (χ3v) is 1.38. The Hall–Kier alpha value is -0.900. The van der Waals surface area contributed by atoms with Crippen LogP contribution in [0.4, 0.5) is 0 Å². The van der Waals surface area contributed by atoms with Gasteiger partial charge in [-0.05, 0) is 20.9 Å². The molecule has 0 aromatic carbocycles. The highest BCUT2D eigenvalue weighted by Crippen LogP contribution is 1.98. The number of nitrogens with one attached hydrogen (secondary N) is 2. The van der Waals surface area contributed by atoms with Gasteiger partial charge in [0.1, 0.15) is 0 Å². The van der Waals surface area contributed by atoms with E-state index in [2.05, 4.69) is 10.6 Å². The minimum atomic E-state index is -0.680. The van der Waals surface area contributed by atoms with Crippen LogP contribution in [0.1, 0.15) is 41.5 Å². The fourth-order valence-corrected chi connectivity index (χ4v) is 0.347. The van der Waals surface area contributed by atoms with E-state index in [-0.39, 0.29) is 5.91 Å². The minimum Gasteiger partial charge on any atom is -0.307 e. The van der Waals surface area contributed by atoms with Crippen LogP contribution in [0.3, 0.4) is 0 Å². The van der Waals surface area contributed by atoms with Crippen molar-refractivity contribution in [1.29, 1.82) is 0 Å². The van der Waals surface area contributed by atoms with E-state index in [1.54, 1.807) is 20.9 Å². The molecule has 0 bridgehead atoms. The van der Waals surface area contributed by atoms with Gasteiger partial charge in [0.2, 0.25) is 12.3 Å². The van der Waals surface area contributed by atoms with Crippen LogP contribution in [0.15, 0.2) is 0 Å². The van der Waals surface area contributed by atoms with E-state index in [0.29, 0.717) is 6.41 Å². The summed E-state index contributed by atoms with van der Waals surface area (Å²) in [6.45, 7) is 11.4. The maximum atomic E-state index is 10.9. The van der Waals surface area contributed by atoms with Crippen molar-refractivity contribution >= 4 is 12.3 Å². The van der Waals surface area contributed by atoms with Gasteiger partial charge in [-0.3, -0.25) is 14.9 Å². The molecule has 4 heteroatoms. The first-order chi connectivity index (χ1) is 6.54. The fourth-order valence-electron chi connectivity index (χ4n) is 0.347. The van der Waals surface area contributed by atoms with Crippen LogP contribution in [-0.2, 0) is 9.59 Å². The van der Waals surface area contributed by atoms with Gasteiger partial charge >= 0.3 is 0 Å². The number of hydrogen-bond acceptors (Lipinski definition) is 3. The van der Waals surface area contributed by atoms with E-state index in [4.69, 9.17) is 0 Å². The fraction of sp³-hybridized carbons (Fsp3) is 0.800. The zero-order chi connectivity index (χ0) is 12.2. The van der Waals surface area contributed by atoms with Crippen LogP contribution in [0.2, 0.25) is 0 Å². The second-order valence-electron chi connectivity index (χ2n) is 2.47. The molecule has 86 valence electrons. The van der Waals surface area contributed by atoms with E-state index in [0.717, 1.165) is 0 Å². The lowest BCUT2D eigenvalue weighted by Gasteiger charge is -2.20. The van der Waals surface area contributed by atoms with Crippen molar-refractivity contribution < 1.29 is 9.59 Å². The summed E-state index contributed by atoms with van der Waals surface area (Å²) in [4.78, 5) is 20.7. The van der Waals surface area contributed by atoms with E-state index in [1.807, 2.05) is 27.7 Å². The third-order valence-electron chi connectivity index (χ3n) is 1.38. The van der Waals surface area contributed by atoms with Crippen LogP contribution >= 0.6 is 0 Å². The van der Waals surface area contributed by atoms with Crippen molar-refractivity contribution in [2.75, 3.05) is 7.05 Å². The molecule has 0 spiro atoms. The normalized spacial score (nSPS) is 8.50. The van der Waals surface area contributed by atoms with Crippen LogP contribution < -0.4 is 10.6 Å². The molecule has 0 radical (unpaired) electrons. The Morgan fingerprint density at radius 2 is 1.50 bits per heavy atom. The van der Waals surface area contributed by atoms with Crippen LogP contribution in [-0.4, -0.2) is 24.9 Å². The lowest BCUT2D eigenvalue weighted by atomic mass is 10.1. The number of hydrogen-bond donors (Lipinski definition) is 2. The lowest BCUT2D eigenvalue weighted by Crippen LogP contribution is -2.50. The lowest BCUT2D eigenvalue weighted by molar-refractivity contribution is -0.129. The first-order valence-corrected chi connectivity index (χ1v) is 4.98. The maximum Gasteiger partial charge on any atom is 0.246 e. The van der Waals surface area contributed by atoms with Crippen LogP contribution in [0.5, 0.6) is 0 Å². The highest BCUT2D eigenvalue weighted by atomic mass is 16.2. The Kier molecular flexibility index (Phi) is 16.3. The van der Waals surface area contributed by atoms with Gasteiger partial charge in [0.15, 0.2) is 0 Å². The summed E-state index contributed by atoms with van der Waals surface area (Å²) < 4.78 is 0. The Bertz CT molecular complexity index is 145. The average molecular weight is 204 g/mol. The Morgan fingerprint density at radius 3 is 1.71 bits per heavy atom. The topological polar surface area (TPSA) is 58.2 Å². The summed E-state index contributed by atoms with van der Waals surface area (Å²) in [5, 5.41) is 4.81. The Labute approximate surface area is 87.5 Å². The molecule has 4 nitrogen and oxygen atoms in total. The van der Waals surface area contributed by atoms with E-state index < -0.39 is 5.54 Å². The molecule has 2 amide bonds. The molecule has 0 aromatic heterocycles. The summed E-state index contributed by atoms with van der Waals surface area (Å²) in [7, 11) is 1.66. The van der Waals surface area contributed by atoms with E-state index in [9.17, 15) is 9.59 Å². The third kappa shape index (κ3) is 9.19. The zero-order valence-corrected chi connectivity index (χ0v) is 10.4. The molecule has 0 saturated carbocycles. The molecule has 0 aliphatic heterocycles. The first-order valence-electron chi connectivity index (χ1n) is 4.98. The number of carbonyl (C=O) groups excluding carboxylic acids is 2. The molecule has 0 aliphatic rings. The molecule has 2 N–H and O–H groups in total. The monoisotopic (exact) mass is 204 g/mol. The van der Waals surface area contributed by atoms with E-state index in [1.165, 1.54) is 0 Å². The summed E-state index contributed by atoms with van der Waals surface area (Å²) in [5.41, 5.74) is -0.680. The van der Waals surface area contributed by atoms with Gasteiger partial charge < -0.3 is 5.32 Å². The van der Waals surface area contributed by atoms with Gasteiger partial charge in [-0.15, -0.1) is 0 Å². The number of amides is 2. The molecule has 0 rings (SSSR count). The predicted octanol–water partition coefficient (Wildman–Crippen LogP) is 1.31. The van der Waals surface area contributed by atoms with Crippen molar-refractivity contribution in [1.82, 2.24) is 10.6 Å². The smallest absolute Gasteiger partial charge is 0.246 e. The van der Waals surface area contributed by atoms with E-state index >= 15 is 0 Å². The molecular weight excluding hydrogens is 180 g/mol. The molecule has 0 unspecified atom stereocenters. The molecule has 14 heavy (non-hydrogen) atoms. The quantitative estimate of drug-likeness (QED) is 0.681. The summed E-state index contributed by atoms with van der Waals surface area (Å²) in [6, 6.07) is 0. The van der Waals surface area contributed by atoms with Crippen molar-refractivity contribution in [3.63, 3.8) is 0 Å². The number of rotatable bonds is 3. The first kappa shape index (κ1) is 18.8. The molecule has 0 atom stereocenters. The van der Waals surface area contributed by atoms with Gasteiger partial charge in [0.25, 0.3) is 0 Å². The molecular formula is C10H24N2O2. The number of imide groups is 1. The molecule has 0 saturated heterocycles. The van der Waals surface area contributed by atoms with Crippen molar-refractivity contribution in [3.05, 3.63) is 0 Å². The highest BCUT2D eigenvalue weighted by Gasteiger charge is 2.24. The number of carbonyl (C=O) groups is 2. The van der Waals surface area contributed by atoms with Crippen molar-refractivity contribution in [2.24, 2.45) is 0 Å². The number of likely N-dealkylation sites (N-methyl/N-ethyl adjacent to an activating group) is 1. The van der Waals surface area contributed by atoms with Crippen molar-refractivity contribution in [2.45, 2.75) is 47.1 Å². The molecule has 0 aliphatic carbocycles. The average Bonchev–Trinajstić information content (AvgIpc) is 2.24. The van der Waals surface area contributed by atoms with Gasteiger partial charge in [-0.25, -0.2) is 0 Å². The summed E-state index contributed by atoms with van der Waals surface area (Å²) >= 11 is 0. The van der Waals surface area contributed by atoms with Gasteiger partial charge in [-0.2, -0.15) is 0 Å². The summed E-state index contributed by atoms with van der Waals surface area (Å²) in [5.74, 6) is -0.329. The SMILES string of the molecule is CC.CC.CNC(C)(C)C(=O)NC=O. The molecule has 0 aromatic rings. The largest absolute Gasteiger partial charge is 0.307 e. The maximum absolute atomic E-state index is 10.9. The standard InChI is InChI=1S/C6H12N2O2.2C2H6/c1-6(2,7-3)5(10)8-4-9;2*1-2/h4,7H,1-3H3,(H,8,9,10);2*1-2H3. The Morgan fingerprint density at radius 1 is 1.14 bits per heavy atom. The molecule has 0 fully saturated rings. The Balaban J connectivity index is -0.000000266. The second kappa shape index (κ2) is 12.1. The highest BCUT2D eigenvalue weighted by molar-refractivity contribution is 5.92. The van der Waals surface area contributed by atoms with Gasteiger partial charge in [-0.1, -0.05) is 27.7 Å². The molecule has 0 heterocycles. The van der Waals surface area contributed by atoms with Gasteiger partial charge in [0.05, 0.1) is 5.54 Å². The second-order valence-corrected chi connectivity index (χ2v) is 2.47.